The molecule has 0 fully saturated rings. The average Bonchev–Trinajstić information content (AvgIpc) is 3.03. The van der Waals surface area contributed by atoms with Crippen LogP contribution in [0.4, 0.5) is 0 Å². The van der Waals surface area contributed by atoms with Gasteiger partial charge in [0, 0.05) is 43.8 Å². The van der Waals surface area contributed by atoms with Gasteiger partial charge in [-0.25, -0.2) is 4.98 Å². The molecule has 3 rings (SSSR count). The molecule has 3 aromatic rings. The zero-order chi connectivity index (χ0) is 17.6. The first-order valence-electron chi connectivity index (χ1n) is 8.41. The summed E-state index contributed by atoms with van der Waals surface area (Å²) in [6.07, 6.45) is 3.08. The van der Waals surface area contributed by atoms with Crippen LogP contribution in [0.2, 0.25) is 0 Å². The number of hydrogen-bond acceptors (Lipinski definition) is 4. The second kappa shape index (κ2) is 7.79. The van der Waals surface area contributed by atoms with Crippen molar-refractivity contribution >= 4 is 0 Å². The summed E-state index contributed by atoms with van der Waals surface area (Å²) < 4.78 is 8.99. The van der Waals surface area contributed by atoms with E-state index in [1.54, 1.807) is 30.0 Å². The molecule has 0 N–H and O–H groups in total. The van der Waals surface area contributed by atoms with E-state index in [4.69, 9.17) is 4.74 Å². The van der Waals surface area contributed by atoms with Crippen LogP contribution < -0.4 is 10.3 Å². The monoisotopic (exact) mass is 338 g/mol. The van der Waals surface area contributed by atoms with Gasteiger partial charge in [0.15, 0.2) is 5.82 Å². The fourth-order valence-electron chi connectivity index (χ4n) is 2.82. The van der Waals surface area contributed by atoms with Gasteiger partial charge in [-0.3, -0.25) is 9.48 Å². The van der Waals surface area contributed by atoms with Crippen LogP contribution in [0.1, 0.15) is 24.1 Å². The molecular weight excluding hydrogens is 316 g/mol. The van der Waals surface area contributed by atoms with Gasteiger partial charge >= 0.3 is 0 Å². The fraction of sp³-hybridized carbons (Fsp3) is 0.316. The highest BCUT2D eigenvalue weighted by atomic mass is 16.5. The first kappa shape index (κ1) is 17.0. The van der Waals surface area contributed by atoms with Crippen molar-refractivity contribution in [1.29, 1.82) is 0 Å². The normalized spacial score (nSPS) is 10.8. The minimum absolute atomic E-state index is 0.000640. The number of para-hydroxylation sites is 1. The number of pyridine rings is 1. The van der Waals surface area contributed by atoms with E-state index in [9.17, 15) is 4.79 Å². The van der Waals surface area contributed by atoms with E-state index in [2.05, 4.69) is 10.1 Å². The van der Waals surface area contributed by atoms with Crippen molar-refractivity contribution in [3.63, 3.8) is 0 Å². The topological polar surface area (TPSA) is 61.9 Å². The first-order chi connectivity index (χ1) is 12.2. The summed E-state index contributed by atoms with van der Waals surface area (Å²) in [7, 11) is 1.67. The van der Waals surface area contributed by atoms with Gasteiger partial charge in [-0.1, -0.05) is 24.3 Å². The Bertz CT molecular complexity index is 898. The maximum Gasteiger partial charge on any atom is 0.250 e. The van der Waals surface area contributed by atoms with Gasteiger partial charge in [-0.2, -0.15) is 5.10 Å². The number of ether oxygens (including phenoxy) is 1. The minimum atomic E-state index is -0.000640. The van der Waals surface area contributed by atoms with Crippen molar-refractivity contribution in [3.05, 3.63) is 76.2 Å². The smallest absolute Gasteiger partial charge is 0.250 e. The predicted molar refractivity (Wildman–Crippen MR) is 95.9 cm³/mol. The van der Waals surface area contributed by atoms with Gasteiger partial charge in [0.25, 0.3) is 5.56 Å². The lowest BCUT2D eigenvalue weighted by molar-refractivity contribution is 0.410. The van der Waals surface area contributed by atoms with Crippen molar-refractivity contribution in [2.75, 3.05) is 7.11 Å². The molecule has 0 atom stereocenters. The van der Waals surface area contributed by atoms with E-state index in [1.165, 1.54) is 0 Å². The van der Waals surface area contributed by atoms with Crippen LogP contribution in [0.25, 0.3) is 0 Å². The highest BCUT2D eigenvalue weighted by molar-refractivity contribution is 5.35. The molecule has 2 aromatic heterocycles. The summed E-state index contributed by atoms with van der Waals surface area (Å²) in [5.74, 6) is 2.50. The molecule has 0 spiro atoms. The van der Waals surface area contributed by atoms with Gasteiger partial charge in [-0.05, 0) is 19.1 Å². The number of rotatable bonds is 7. The lowest BCUT2D eigenvalue weighted by Gasteiger charge is -2.05. The van der Waals surface area contributed by atoms with Gasteiger partial charge in [-0.15, -0.1) is 0 Å². The first-order valence-corrected chi connectivity index (χ1v) is 8.41. The molecule has 6 nitrogen and oxygen atoms in total. The number of nitrogens with zero attached hydrogens (tertiary/aromatic N) is 4. The van der Waals surface area contributed by atoms with Gasteiger partial charge in [0.05, 0.1) is 7.11 Å². The molecule has 0 unspecified atom stereocenters. The van der Waals surface area contributed by atoms with E-state index in [0.717, 1.165) is 29.5 Å². The lowest BCUT2D eigenvalue weighted by Crippen LogP contribution is -2.19. The van der Waals surface area contributed by atoms with Crippen molar-refractivity contribution in [2.45, 2.75) is 32.9 Å². The Kier molecular flexibility index (Phi) is 5.28. The Labute approximate surface area is 146 Å². The van der Waals surface area contributed by atoms with E-state index in [0.29, 0.717) is 19.4 Å². The minimum Gasteiger partial charge on any atom is -0.496 e. The quantitative estimate of drug-likeness (QED) is 0.663. The van der Waals surface area contributed by atoms with E-state index in [1.807, 2.05) is 41.9 Å². The maximum absolute atomic E-state index is 11.8. The second-order valence-corrected chi connectivity index (χ2v) is 5.73. The molecule has 1 aromatic carbocycles. The zero-order valence-electron chi connectivity index (χ0n) is 14.6. The van der Waals surface area contributed by atoms with Crippen LogP contribution in [0.3, 0.4) is 0 Å². The Hall–Kier alpha value is -2.89. The molecule has 0 aliphatic rings. The van der Waals surface area contributed by atoms with E-state index >= 15 is 0 Å². The Morgan fingerprint density at radius 3 is 2.68 bits per heavy atom. The summed E-state index contributed by atoms with van der Waals surface area (Å²) in [5, 5.41) is 4.60. The van der Waals surface area contributed by atoms with Crippen LogP contribution in [0, 0.1) is 0 Å². The standard InChI is InChI=1S/C19H22N4O2/c1-3-23-18(11-13-22-12-7-6-10-19(22)24)20-17(21-23)14-15-8-4-5-9-16(15)25-2/h4-10,12H,3,11,13-14H2,1-2H3. The Balaban J connectivity index is 1.77. The highest BCUT2D eigenvalue weighted by Gasteiger charge is 2.12. The molecule has 0 aliphatic heterocycles. The third kappa shape index (κ3) is 3.96. The summed E-state index contributed by atoms with van der Waals surface area (Å²) >= 11 is 0. The average molecular weight is 338 g/mol. The van der Waals surface area contributed by atoms with Crippen LogP contribution in [0.15, 0.2) is 53.5 Å². The summed E-state index contributed by atoms with van der Waals surface area (Å²) in [6, 6.07) is 13.1. The van der Waals surface area contributed by atoms with Crippen molar-refractivity contribution < 1.29 is 4.74 Å². The molecule has 0 bridgehead atoms. The molecule has 130 valence electrons. The van der Waals surface area contributed by atoms with Crippen LogP contribution in [-0.2, 0) is 25.9 Å². The van der Waals surface area contributed by atoms with Gasteiger partial charge in [0.1, 0.15) is 11.6 Å². The fourth-order valence-corrected chi connectivity index (χ4v) is 2.82. The van der Waals surface area contributed by atoms with Gasteiger partial charge in [0.2, 0.25) is 0 Å². The predicted octanol–water partition coefficient (Wildman–Crippen LogP) is 2.30. The third-order valence-electron chi connectivity index (χ3n) is 4.11. The molecule has 0 aliphatic carbocycles. The lowest BCUT2D eigenvalue weighted by atomic mass is 10.1. The molecule has 0 saturated carbocycles. The van der Waals surface area contributed by atoms with Crippen molar-refractivity contribution in [3.8, 4) is 5.75 Å². The zero-order valence-corrected chi connectivity index (χ0v) is 14.6. The van der Waals surface area contributed by atoms with Crippen LogP contribution >= 0.6 is 0 Å². The molecule has 6 heteroatoms. The molecule has 25 heavy (non-hydrogen) atoms. The molecule has 0 amide bonds. The van der Waals surface area contributed by atoms with Crippen molar-refractivity contribution in [1.82, 2.24) is 19.3 Å². The molecule has 0 saturated heterocycles. The summed E-state index contributed by atoms with van der Waals surface area (Å²) in [4.78, 5) is 16.5. The van der Waals surface area contributed by atoms with E-state index in [-0.39, 0.29) is 5.56 Å². The summed E-state index contributed by atoms with van der Waals surface area (Å²) in [6.45, 7) is 3.38. The third-order valence-corrected chi connectivity index (χ3v) is 4.11. The molecular formula is C19H22N4O2. The second-order valence-electron chi connectivity index (χ2n) is 5.73. The Morgan fingerprint density at radius 1 is 1.12 bits per heavy atom. The molecule has 0 radical (unpaired) electrons. The maximum atomic E-state index is 11.8. The number of benzene rings is 1. The highest BCUT2D eigenvalue weighted by Crippen LogP contribution is 2.20. The van der Waals surface area contributed by atoms with Crippen molar-refractivity contribution in [2.24, 2.45) is 0 Å². The largest absolute Gasteiger partial charge is 0.496 e. The number of aryl methyl sites for hydroxylation is 3. The SMILES string of the molecule is CCn1nc(Cc2ccccc2OC)nc1CCn1ccccc1=O. The molecule has 2 heterocycles. The number of hydrogen-bond donors (Lipinski definition) is 0. The van der Waals surface area contributed by atoms with E-state index < -0.39 is 0 Å². The van der Waals surface area contributed by atoms with Crippen LogP contribution in [0.5, 0.6) is 5.75 Å². The number of methoxy groups -OCH3 is 1. The Morgan fingerprint density at radius 2 is 1.92 bits per heavy atom. The summed E-state index contributed by atoms with van der Waals surface area (Å²) in [5.41, 5.74) is 1.06. The number of aromatic nitrogens is 4. The van der Waals surface area contributed by atoms with Crippen LogP contribution in [-0.4, -0.2) is 26.4 Å². The van der Waals surface area contributed by atoms with Gasteiger partial charge < -0.3 is 9.30 Å².